The van der Waals surface area contributed by atoms with Gasteiger partial charge in [0, 0.05) is 31.5 Å². The van der Waals surface area contributed by atoms with Crippen LogP contribution in [0.15, 0.2) is 17.2 Å². The van der Waals surface area contributed by atoms with Crippen molar-refractivity contribution in [2.24, 2.45) is 0 Å². The molecule has 1 aromatic heterocycles. The van der Waals surface area contributed by atoms with Gasteiger partial charge in [0.1, 0.15) is 0 Å². The standard InChI is InChI=1S/C12H20N4O/c1-3-15(2)8-6-13-11-12(17)16(9-7-14-11)10-4-5-10/h7,9-10H,3-6,8H2,1-2H3,(H,13,14). The van der Waals surface area contributed by atoms with E-state index in [9.17, 15) is 4.79 Å². The third-order valence-corrected chi connectivity index (χ3v) is 3.13. The molecule has 1 aliphatic carbocycles. The molecule has 1 N–H and O–H groups in total. The fraction of sp³-hybridized carbons (Fsp3) is 0.667. The van der Waals surface area contributed by atoms with E-state index in [1.165, 1.54) is 0 Å². The van der Waals surface area contributed by atoms with Crippen molar-refractivity contribution in [3.8, 4) is 0 Å². The first-order chi connectivity index (χ1) is 8.22. The van der Waals surface area contributed by atoms with Crippen molar-refractivity contribution in [2.45, 2.75) is 25.8 Å². The molecule has 0 unspecified atom stereocenters. The van der Waals surface area contributed by atoms with Gasteiger partial charge in [0.25, 0.3) is 5.56 Å². The van der Waals surface area contributed by atoms with E-state index in [0.717, 1.165) is 32.5 Å². The highest BCUT2D eigenvalue weighted by atomic mass is 16.1. The van der Waals surface area contributed by atoms with Crippen molar-refractivity contribution in [1.29, 1.82) is 0 Å². The van der Waals surface area contributed by atoms with Crippen molar-refractivity contribution >= 4 is 5.82 Å². The van der Waals surface area contributed by atoms with Gasteiger partial charge in [-0.2, -0.15) is 0 Å². The van der Waals surface area contributed by atoms with E-state index in [2.05, 4.69) is 29.2 Å². The van der Waals surface area contributed by atoms with Crippen molar-refractivity contribution in [3.63, 3.8) is 0 Å². The maximum absolute atomic E-state index is 12.0. The molecule has 0 atom stereocenters. The quantitative estimate of drug-likeness (QED) is 0.798. The Morgan fingerprint density at radius 1 is 1.59 bits per heavy atom. The third-order valence-electron chi connectivity index (χ3n) is 3.13. The summed E-state index contributed by atoms with van der Waals surface area (Å²) in [4.78, 5) is 18.3. The van der Waals surface area contributed by atoms with Crippen LogP contribution in [0.3, 0.4) is 0 Å². The molecule has 0 spiro atoms. The predicted octanol–water partition coefficient (Wildman–Crippen LogP) is 0.942. The van der Waals surface area contributed by atoms with Crippen LogP contribution in [0.25, 0.3) is 0 Å². The first kappa shape index (κ1) is 12.1. The van der Waals surface area contributed by atoms with Crippen LogP contribution in [0, 0.1) is 0 Å². The van der Waals surface area contributed by atoms with Crippen LogP contribution >= 0.6 is 0 Å². The monoisotopic (exact) mass is 236 g/mol. The van der Waals surface area contributed by atoms with Gasteiger partial charge in [-0.3, -0.25) is 4.79 Å². The lowest BCUT2D eigenvalue weighted by Crippen LogP contribution is -2.29. The SMILES string of the molecule is CCN(C)CCNc1nccn(C2CC2)c1=O. The second-order valence-electron chi connectivity index (χ2n) is 4.54. The molecular formula is C12H20N4O. The van der Waals surface area contributed by atoms with E-state index < -0.39 is 0 Å². The first-order valence-corrected chi connectivity index (χ1v) is 6.22. The number of aromatic nitrogens is 2. The minimum absolute atomic E-state index is 0.00847. The van der Waals surface area contributed by atoms with Crippen molar-refractivity contribution in [2.75, 3.05) is 32.0 Å². The molecule has 1 aliphatic rings. The molecule has 5 heteroatoms. The van der Waals surface area contributed by atoms with Crippen molar-refractivity contribution < 1.29 is 0 Å². The molecule has 0 bridgehead atoms. The van der Waals surface area contributed by atoms with Gasteiger partial charge in [-0.25, -0.2) is 4.98 Å². The molecule has 1 saturated carbocycles. The first-order valence-electron chi connectivity index (χ1n) is 6.22. The van der Waals surface area contributed by atoms with Crippen LogP contribution in [-0.4, -0.2) is 41.1 Å². The van der Waals surface area contributed by atoms with Crippen LogP contribution < -0.4 is 10.9 Å². The Balaban J connectivity index is 1.96. The molecule has 1 aromatic rings. The highest BCUT2D eigenvalue weighted by molar-refractivity contribution is 5.31. The Hall–Kier alpha value is -1.36. The van der Waals surface area contributed by atoms with Gasteiger partial charge in [0.15, 0.2) is 5.82 Å². The number of anilines is 1. The zero-order chi connectivity index (χ0) is 12.3. The fourth-order valence-corrected chi connectivity index (χ4v) is 1.71. The van der Waals surface area contributed by atoms with Gasteiger partial charge in [0.05, 0.1) is 0 Å². The third kappa shape index (κ3) is 3.06. The van der Waals surface area contributed by atoms with Crippen LogP contribution in [-0.2, 0) is 0 Å². The summed E-state index contributed by atoms with van der Waals surface area (Å²) in [5.74, 6) is 0.476. The van der Waals surface area contributed by atoms with E-state index in [0.29, 0.717) is 11.9 Å². The maximum Gasteiger partial charge on any atom is 0.293 e. The molecule has 0 aliphatic heterocycles. The maximum atomic E-state index is 12.0. The van der Waals surface area contributed by atoms with E-state index in [1.54, 1.807) is 17.0 Å². The molecule has 94 valence electrons. The van der Waals surface area contributed by atoms with Crippen molar-refractivity contribution in [3.05, 3.63) is 22.7 Å². The molecule has 2 rings (SSSR count). The Kier molecular flexibility index (Phi) is 3.78. The average Bonchev–Trinajstić information content (AvgIpc) is 3.15. The number of hydrogen-bond acceptors (Lipinski definition) is 4. The van der Waals surface area contributed by atoms with Crippen LogP contribution in [0.1, 0.15) is 25.8 Å². The molecule has 5 nitrogen and oxygen atoms in total. The number of rotatable bonds is 6. The predicted molar refractivity (Wildman–Crippen MR) is 68.4 cm³/mol. The molecular weight excluding hydrogens is 216 g/mol. The Morgan fingerprint density at radius 2 is 2.35 bits per heavy atom. The van der Waals surface area contributed by atoms with Crippen LogP contribution in [0.4, 0.5) is 5.82 Å². The number of nitrogens with zero attached hydrogens (tertiary/aromatic N) is 3. The molecule has 1 fully saturated rings. The lowest BCUT2D eigenvalue weighted by atomic mass is 10.5. The molecule has 17 heavy (non-hydrogen) atoms. The Morgan fingerprint density at radius 3 is 3.00 bits per heavy atom. The lowest BCUT2D eigenvalue weighted by Gasteiger charge is -2.14. The smallest absolute Gasteiger partial charge is 0.293 e. The number of hydrogen-bond donors (Lipinski definition) is 1. The van der Waals surface area contributed by atoms with Gasteiger partial charge < -0.3 is 14.8 Å². The summed E-state index contributed by atoms with van der Waals surface area (Å²) in [5, 5.41) is 3.12. The zero-order valence-electron chi connectivity index (χ0n) is 10.5. The highest BCUT2D eigenvalue weighted by Gasteiger charge is 2.25. The fourth-order valence-electron chi connectivity index (χ4n) is 1.71. The second kappa shape index (κ2) is 5.31. The minimum atomic E-state index is 0.00847. The van der Waals surface area contributed by atoms with Crippen molar-refractivity contribution in [1.82, 2.24) is 14.5 Å². The Bertz CT molecular complexity index is 425. The summed E-state index contributed by atoms with van der Waals surface area (Å²) in [6, 6.07) is 0.407. The molecule has 0 radical (unpaired) electrons. The topological polar surface area (TPSA) is 50.2 Å². The van der Waals surface area contributed by atoms with Crippen LogP contribution in [0.2, 0.25) is 0 Å². The second-order valence-corrected chi connectivity index (χ2v) is 4.54. The van der Waals surface area contributed by atoms with Gasteiger partial charge >= 0.3 is 0 Å². The van der Waals surface area contributed by atoms with Gasteiger partial charge in [-0.1, -0.05) is 6.92 Å². The highest BCUT2D eigenvalue weighted by Crippen LogP contribution is 2.33. The number of likely N-dealkylation sites (N-methyl/N-ethyl adjacent to an activating group) is 1. The van der Waals surface area contributed by atoms with E-state index in [-0.39, 0.29) is 5.56 Å². The zero-order valence-corrected chi connectivity index (χ0v) is 10.5. The summed E-state index contributed by atoms with van der Waals surface area (Å²) in [7, 11) is 2.06. The lowest BCUT2D eigenvalue weighted by molar-refractivity contribution is 0.367. The molecule has 0 saturated heterocycles. The molecule has 1 heterocycles. The molecule has 0 aromatic carbocycles. The summed E-state index contributed by atoms with van der Waals surface area (Å²) < 4.78 is 1.79. The van der Waals surface area contributed by atoms with Gasteiger partial charge in [-0.15, -0.1) is 0 Å². The molecule has 0 amide bonds. The largest absolute Gasteiger partial charge is 0.364 e. The van der Waals surface area contributed by atoms with E-state index >= 15 is 0 Å². The average molecular weight is 236 g/mol. The summed E-state index contributed by atoms with van der Waals surface area (Å²) in [6.45, 7) is 4.79. The summed E-state index contributed by atoms with van der Waals surface area (Å²) in [5.41, 5.74) is 0.00847. The summed E-state index contributed by atoms with van der Waals surface area (Å²) in [6.07, 6.45) is 5.71. The minimum Gasteiger partial charge on any atom is -0.364 e. The normalized spacial score (nSPS) is 15.2. The van der Waals surface area contributed by atoms with E-state index in [4.69, 9.17) is 0 Å². The van der Waals surface area contributed by atoms with Gasteiger partial charge in [0.2, 0.25) is 0 Å². The summed E-state index contributed by atoms with van der Waals surface area (Å²) >= 11 is 0. The van der Waals surface area contributed by atoms with Gasteiger partial charge in [-0.05, 0) is 26.4 Å². The van der Waals surface area contributed by atoms with Crippen LogP contribution in [0.5, 0.6) is 0 Å². The Labute approximate surface area is 101 Å². The number of nitrogens with one attached hydrogen (secondary N) is 1. The van der Waals surface area contributed by atoms with E-state index in [1.807, 2.05) is 0 Å².